The summed E-state index contributed by atoms with van der Waals surface area (Å²) < 4.78 is 0. The summed E-state index contributed by atoms with van der Waals surface area (Å²) in [5, 5.41) is 2.82. The smallest absolute Gasteiger partial charge is 0.322 e. The first-order valence-electron chi connectivity index (χ1n) is 9.93. The normalized spacial score (nSPS) is 14.7. The Hall–Kier alpha value is -2.82. The predicted octanol–water partition coefficient (Wildman–Crippen LogP) is 4.27. The Balaban J connectivity index is 1.90. The van der Waals surface area contributed by atoms with Crippen LogP contribution in [0.4, 0.5) is 10.5 Å². The Labute approximate surface area is 167 Å². The van der Waals surface area contributed by atoms with Crippen LogP contribution in [0.1, 0.15) is 47.3 Å². The molecule has 1 heterocycles. The van der Waals surface area contributed by atoms with Crippen LogP contribution in [-0.2, 0) is 6.54 Å². The summed E-state index contributed by atoms with van der Waals surface area (Å²) in [5.74, 6) is -0.00391. The monoisotopic (exact) mass is 379 g/mol. The summed E-state index contributed by atoms with van der Waals surface area (Å²) in [6, 6.07) is 14.0. The van der Waals surface area contributed by atoms with Gasteiger partial charge in [0, 0.05) is 36.9 Å². The molecule has 5 nitrogen and oxygen atoms in total. The number of anilines is 1. The second-order valence-electron chi connectivity index (χ2n) is 7.56. The van der Waals surface area contributed by atoms with E-state index in [0.717, 1.165) is 23.2 Å². The molecule has 1 aliphatic rings. The lowest BCUT2D eigenvalue weighted by atomic mass is 10.1. The number of rotatable bonds is 6. The van der Waals surface area contributed by atoms with Crippen molar-refractivity contribution in [2.45, 2.75) is 46.7 Å². The zero-order valence-electron chi connectivity index (χ0n) is 17.2. The standard InChI is InChI=1S/C23H29N3O2/c1-5-18(4)26(15-19-9-6-16(2)7-10-19)22(27)20-11-8-17(3)21(14-20)25-13-12-24-23(25)28/h6-11,14,18H,5,12-13,15H2,1-4H3,(H,24,28)/t18-/m1/s1. The minimum atomic E-state index is -0.105. The Morgan fingerprint density at radius 3 is 2.50 bits per heavy atom. The van der Waals surface area contributed by atoms with Crippen LogP contribution in [0.5, 0.6) is 0 Å². The van der Waals surface area contributed by atoms with Crippen LogP contribution in [0.15, 0.2) is 42.5 Å². The molecule has 0 saturated carbocycles. The minimum absolute atomic E-state index is 0.00391. The van der Waals surface area contributed by atoms with E-state index >= 15 is 0 Å². The van der Waals surface area contributed by atoms with E-state index in [1.165, 1.54) is 5.56 Å². The topological polar surface area (TPSA) is 52.7 Å². The van der Waals surface area contributed by atoms with Gasteiger partial charge in [-0.15, -0.1) is 0 Å². The van der Waals surface area contributed by atoms with Gasteiger partial charge in [-0.05, 0) is 50.5 Å². The van der Waals surface area contributed by atoms with E-state index in [9.17, 15) is 9.59 Å². The third-order valence-electron chi connectivity index (χ3n) is 5.46. The Morgan fingerprint density at radius 1 is 1.18 bits per heavy atom. The van der Waals surface area contributed by atoms with Crippen molar-refractivity contribution in [1.82, 2.24) is 10.2 Å². The van der Waals surface area contributed by atoms with Gasteiger partial charge in [-0.1, -0.05) is 42.8 Å². The van der Waals surface area contributed by atoms with E-state index in [-0.39, 0.29) is 18.0 Å². The molecule has 0 aromatic heterocycles. The van der Waals surface area contributed by atoms with Crippen LogP contribution in [0, 0.1) is 13.8 Å². The van der Waals surface area contributed by atoms with Gasteiger partial charge in [0.15, 0.2) is 0 Å². The number of hydrogen-bond acceptors (Lipinski definition) is 2. The molecule has 0 unspecified atom stereocenters. The second-order valence-corrected chi connectivity index (χ2v) is 7.56. The van der Waals surface area contributed by atoms with Crippen molar-refractivity contribution < 1.29 is 9.59 Å². The van der Waals surface area contributed by atoms with Crippen molar-refractivity contribution in [1.29, 1.82) is 0 Å². The summed E-state index contributed by atoms with van der Waals surface area (Å²) in [6.07, 6.45) is 0.880. The van der Waals surface area contributed by atoms with Gasteiger partial charge >= 0.3 is 6.03 Å². The van der Waals surface area contributed by atoms with Crippen LogP contribution < -0.4 is 10.2 Å². The average molecular weight is 380 g/mol. The number of carbonyl (C=O) groups excluding carboxylic acids is 2. The number of carbonyl (C=O) groups is 2. The van der Waals surface area contributed by atoms with E-state index in [2.05, 4.69) is 50.4 Å². The maximum absolute atomic E-state index is 13.4. The number of hydrogen-bond donors (Lipinski definition) is 1. The molecule has 1 saturated heterocycles. The lowest BCUT2D eigenvalue weighted by Crippen LogP contribution is -2.38. The minimum Gasteiger partial charge on any atom is -0.336 e. The maximum Gasteiger partial charge on any atom is 0.322 e. The fraction of sp³-hybridized carbons (Fsp3) is 0.391. The van der Waals surface area contributed by atoms with Crippen molar-refractivity contribution >= 4 is 17.6 Å². The quantitative estimate of drug-likeness (QED) is 0.815. The van der Waals surface area contributed by atoms with Crippen LogP contribution >= 0.6 is 0 Å². The molecular weight excluding hydrogens is 350 g/mol. The lowest BCUT2D eigenvalue weighted by molar-refractivity contribution is 0.0671. The first-order chi connectivity index (χ1) is 13.4. The molecule has 0 radical (unpaired) electrons. The zero-order valence-corrected chi connectivity index (χ0v) is 17.2. The van der Waals surface area contributed by atoms with Crippen molar-refractivity contribution in [2.24, 2.45) is 0 Å². The largest absolute Gasteiger partial charge is 0.336 e. The van der Waals surface area contributed by atoms with Gasteiger partial charge in [-0.25, -0.2) is 4.79 Å². The molecule has 148 valence electrons. The van der Waals surface area contributed by atoms with E-state index in [1.54, 1.807) is 4.90 Å². The van der Waals surface area contributed by atoms with Gasteiger partial charge < -0.3 is 10.2 Å². The van der Waals surface area contributed by atoms with Gasteiger partial charge in [-0.3, -0.25) is 9.69 Å². The lowest BCUT2D eigenvalue weighted by Gasteiger charge is -2.29. The van der Waals surface area contributed by atoms with Crippen molar-refractivity contribution in [3.63, 3.8) is 0 Å². The molecule has 3 amide bonds. The van der Waals surface area contributed by atoms with E-state index < -0.39 is 0 Å². The number of urea groups is 1. The highest BCUT2D eigenvalue weighted by molar-refractivity contribution is 5.99. The second kappa shape index (κ2) is 8.46. The van der Waals surface area contributed by atoms with Crippen molar-refractivity contribution in [3.05, 3.63) is 64.7 Å². The Morgan fingerprint density at radius 2 is 1.89 bits per heavy atom. The Kier molecular flexibility index (Phi) is 6.02. The van der Waals surface area contributed by atoms with Gasteiger partial charge in [0.05, 0.1) is 0 Å². The van der Waals surface area contributed by atoms with E-state index in [0.29, 0.717) is 25.2 Å². The highest BCUT2D eigenvalue weighted by Crippen LogP contribution is 2.25. The molecular formula is C23H29N3O2. The number of benzene rings is 2. The summed E-state index contributed by atoms with van der Waals surface area (Å²) in [6.45, 7) is 10.0. The molecule has 5 heteroatoms. The number of amides is 3. The van der Waals surface area contributed by atoms with Gasteiger partial charge in [-0.2, -0.15) is 0 Å². The van der Waals surface area contributed by atoms with Crippen LogP contribution in [0.3, 0.4) is 0 Å². The summed E-state index contributed by atoms with van der Waals surface area (Å²) in [7, 11) is 0. The van der Waals surface area contributed by atoms with Crippen molar-refractivity contribution in [2.75, 3.05) is 18.0 Å². The molecule has 0 aliphatic carbocycles. The Bertz CT molecular complexity index is 861. The third-order valence-corrected chi connectivity index (χ3v) is 5.46. The molecule has 1 aliphatic heterocycles. The summed E-state index contributed by atoms with van der Waals surface area (Å²) in [4.78, 5) is 29.1. The molecule has 3 rings (SSSR count). The highest BCUT2D eigenvalue weighted by atomic mass is 16.2. The maximum atomic E-state index is 13.4. The van der Waals surface area contributed by atoms with Gasteiger partial charge in [0.2, 0.25) is 0 Å². The molecule has 2 aromatic carbocycles. The average Bonchev–Trinajstić information content (AvgIpc) is 3.12. The van der Waals surface area contributed by atoms with Crippen LogP contribution in [0.25, 0.3) is 0 Å². The molecule has 1 fully saturated rings. The molecule has 2 aromatic rings. The number of nitrogens with one attached hydrogen (secondary N) is 1. The first-order valence-corrected chi connectivity index (χ1v) is 9.93. The van der Waals surface area contributed by atoms with Gasteiger partial charge in [0.1, 0.15) is 0 Å². The van der Waals surface area contributed by atoms with Crippen molar-refractivity contribution in [3.8, 4) is 0 Å². The SMILES string of the molecule is CC[C@@H](C)N(Cc1ccc(C)cc1)C(=O)c1ccc(C)c(N2CCNC2=O)c1. The van der Waals surface area contributed by atoms with Gasteiger partial charge in [0.25, 0.3) is 5.91 Å². The predicted molar refractivity (Wildman–Crippen MR) is 113 cm³/mol. The number of nitrogens with zero attached hydrogens (tertiary/aromatic N) is 2. The number of aryl methyl sites for hydroxylation is 2. The fourth-order valence-corrected chi connectivity index (χ4v) is 3.44. The molecule has 28 heavy (non-hydrogen) atoms. The molecule has 1 N–H and O–H groups in total. The molecule has 0 spiro atoms. The molecule has 1 atom stereocenters. The van der Waals surface area contributed by atoms with Crippen LogP contribution in [-0.4, -0.2) is 36.0 Å². The summed E-state index contributed by atoms with van der Waals surface area (Å²) in [5.41, 5.74) is 4.73. The van der Waals surface area contributed by atoms with E-state index in [4.69, 9.17) is 0 Å². The third kappa shape index (κ3) is 4.19. The fourth-order valence-electron chi connectivity index (χ4n) is 3.44. The zero-order chi connectivity index (χ0) is 20.3. The van der Waals surface area contributed by atoms with Crippen LogP contribution in [0.2, 0.25) is 0 Å². The molecule has 0 bridgehead atoms. The van der Waals surface area contributed by atoms with E-state index in [1.807, 2.05) is 30.0 Å². The highest BCUT2D eigenvalue weighted by Gasteiger charge is 2.26. The summed E-state index contributed by atoms with van der Waals surface area (Å²) >= 11 is 0. The first kappa shape index (κ1) is 19.9.